The van der Waals surface area contributed by atoms with E-state index in [1.54, 1.807) is 7.11 Å². The summed E-state index contributed by atoms with van der Waals surface area (Å²) >= 11 is 0. The van der Waals surface area contributed by atoms with Crippen molar-refractivity contribution in [2.45, 2.75) is 51.7 Å². The van der Waals surface area contributed by atoms with E-state index in [4.69, 9.17) is 9.47 Å². The van der Waals surface area contributed by atoms with Crippen LogP contribution in [0.5, 0.6) is 0 Å². The molecule has 1 aliphatic rings. The van der Waals surface area contributed by atoms with E-state index in [2.05, 4.69) is 26.1 Å². The van der Waals surface area contributed by atoms with Gasteiger partial charge in [-0.05, 0) is 45.6 Å². The van der Waals surface area contributed by atoms with Crippen molar-refractivity contribution in [2.24, 2.45) is 5.92 Å². The van der Waals surface area contributed by atoms with Crippen molar-refractivity contribution >= 4 is 0 Å². The van der Waals surface area contributed by atoms with E-state index in [1.165, 1.54) is 12.8 Å². The molecule has 2 unspecified atom stereocenters. The first kappa shape index (κ1) is 13.9. The standard InChI is InChI=1S/C13H27NO2/c1-5-7-14-12(9-13(2,3)15-4)11-6-8-16-10-11/h11-12,14H,5-10H2,1-4H3. The highest BCUT2D eigenvalue weighted by Crippen LogP contribution is 2.25. The van der Waals surface area contributed by atoms with Gasteiger partial charge in [0.15, 0.2) is 0 Å². The summed E-state index contributed by atoms with van der Waals surface area (Å²) in [4.78, 5) is 0. The average molecular weight is 229 g/mol. The second kappa shape index (κ2) is 6.58. The highest BCUT2D eigenvalue weighted by Gasteiger charge is 2.30. The predicted octanol–water partition coefficient (Wildman–Crippen LogP) is 2.21. The summed E-state index contributed by atoms with van der Waals surface area (Å²) in [5, 5.41) is 3.64. The van der Waals surface area contributed by atoms with Crippen LogP contribution in [0, 0.1) is 5.92 Å². The zero-order valence-corrected chi connectivity index (χ0v) is 11.2. The topological polar surface area (TPSA) is 30.5 Å². The smallest absolute Gasteiger partial charge is 0.0637 e. The Morgan fingerprint density at radius 1 is 1.50 bits per heavy atom. The van der Waals surface area contributed by atoms with Crippen molar-refractivity contribution in [3.63, 3.8) is 0 Å². The maximum Gasteiger partial charge on any atom is 0.0637 e. The molecule has 0 aromatic heterocycles. The number of hydrogen-bond acceptors (Lipinski definition) is 3. The normalized spacial score (nSPS) is 23.6. The Bertz CT molecular complexity index is 188. The Hall–Kier alpha value is -0.120. The molecule has 0 radical (unpaired) electrons. The van der Waals surface area contributed by atoms with Crippen molar-refractivity contribution in [1.82, 2.24) is 5.32 Å². The highest BCUT2D eigenvalue weighted by atomic mass is 16.5. The Kier molecular flexibility index (Phi) is 5.73. The van der Waals surface area contributed by atoms with Gasteiger partial charge < -0.3 is 14.8 Å². The summed E-state index contributed by atoms with van der Waals surface area (Å²) in [6.45, 7) is 9.42. The van der Waals surface area contributed by atoms with Crippen LogP contribution in [-0.4, -0.2) is 38.5 Å². The second-order valence-electron chi connectivity index (χ2n) is 5.35. The molecule has 0 spiro atoms. The number of rotatable bonds is 7. The largest absolute Gasteiger partial charge is 0.381 e. The van der Waals surface area contributed by atoms with E-state index in [0.717, 1.165) is 26.2 Å². The maximum absolute atomic E-state index is 5.53. The summed E-state index contributed by atoms with van der Waals surface area (Å²) in [7, 11) is 1.79. The first-order chi connectivity index (χ1) is 7.59. The van der Waals surface area contributed by atoms with Gasteiger partial charge in [-0.15, -0.1) is 0 Å². The van der Waals surface area contributed by atoms with Gasteiger partial charge in [0.2, 0.25) is 0 Å². The van der Waals surface area contributed by atoms with Crippen LogP contribution in [0.25, 0.3) is 0 Å². The van der Waals surface area contributed by atoms with Crippen LogP contribution in [0.1, 0.15) is 40.0 Å². The molecule has 1 heterocycles. The molecule has 1 N–H and O–H groups in total. The molecule has 1 saturated heterocycles. The van der Waals surface area contributed by atoms with E-state index in [1.807, 2.05) is 0 Å². The fourth-order valence-electron chi connectivity index (χ4n) is 2.22. The minimum Gasteiger partial charge on any atom is -0.381 e. The molecule has 1 rings (SSSR count). The Labute approximate surface area is 99.9 Å². The molecule has 0 amide bonds. The van der Waals surface area contributed by atoms with Gasteiger partial charge in [0.25, 0.3) is 0 Å². The van der Waals surface area contributed by atoms with Gasteiger partial charge in [-0.1, -0.05) is 6.92 Å². The summed E-state index contributed by atoms with van der Waals surface area (Å²) in [5.74, 6) is 0.654. The van der Waals surface area contributed by atoms with Crippen LogP contribution >= 0.6 is 0 Å². The lowest BCUT2D eigenvalue weighted by atomic mass is 9.89. The minimum atomic E-state index is -0.0476. The van der Waals surface area contributed by atoms with Gasteiger partial charge >= 0.3 is 0 Å². The summed E-state index contributed by atoms with van der Waals surface area (Å²) in [6.07, 6.45) is 3.41. The molecule has 1 fully saturated rings. The summed E-state index contributed by atoms with van der Waals surface area (Å²) < 4.78 is 11.0. The third kappa shape index (κ3) is 4.40. The first-order valence-electron chi connectivity index (χ1n) is 6.45. The van der Waals surface area contributed by atoms with Gasteiger partial charge in [0.1, 0.15) is 0 Å². The highest BCUT2D eigenvalue weighted by molar-refractivity contribution is 4.85. The molecular weight excluding hydrogens is 202 g/mol. The fraction of sp³-hybridized carbons (Fsp3) is 1.00. The van der Waals surface area contributed by atoms with Crippen LogP contribution in [0.2, 0.25) is 0 Å². The molecule has 0 saturated carbocycles. The second-order valence-corrected chi connectivity index (χ2v) is 5.35. The lowest BCUT2D eigenvalue weighted by molar-refractivity contribution is 0.000933. The molecule has 0 bridgehead atoms. The Morgan fingerprint density at radius 2 is 2.25 bits per heavy atom. The molecule has 0 aliphatic carbocycles. The number of nitrogens with one attached hydrogen (secondary N) is 1. The van der Waals surface area contributed by atoms with Crippen molar-refractivity contribution < 1.29 is 9.47 Å². The van der Waals surface area contributed by atoms with Crippen LogP contribution in [-0.2, 0) is 9.47 Å². The predicted molar refractivity (Wildman–Crippen MR) is 66.7 cm³/mol. The summed E-state index contributed by atoms with van der Waals surface area (Å²) in [5.41, 5.74) is -0.0476. The number of hydrogen-bond donors (Lipinski definition) is 1. The quantitative estimate of drug-likeness (QED) is 0.726. The van der Waals surface area contributed by atoms with Crippen molar-refractivity contribution in [3.8, 4) is 0 Å². The molecule has 0 aromatic rings. The van der Waals surface area contributed by atoms with E-state index in [0.29, 0.717) is 12.0 Å². The van der Waals surface area contributed by atoms with E-state index >= 15 is 0 Å². The van der Waals surface area contributed by atoms with Gasteiger partial charge in [-0.25, -0.2) is 0 Å². The first-order valence-corrected chi connectivity index (χ1v) is 6.45. The molecule has 16 heavy (non-hydrogen) atoms. The molecule has 2 atom stereocenters. The van der Waals surface area contributed by atoms with Gasteiger partial charge in [0, 0.05) is 19.8 Å². The Morgan fingerprint density at radius 3 is 2.75 bits per heavy atom. The minimum absolute atomic E-state index is 0.0476. The average Bonchev–Trinajstić information content (AvgIpc) is 2.77. The molecule has 96 valence electrons. The Balaban J connectivity index is 2.48. The van der Waals surface area contributed by atoms with Gasteiger partial charge in [-0.3, -0.25) is 0 Å². The van der Waals surface area contributed by atoms with E-state index in [9.17, 15) is 0 Å². The lowest BCUT2D eigenvalue weighted by Crippen LogP contribution is -2.43. The van der Waals surface area contributed by atoms with Crippen LogP contribution in [0.3, 0.4) is 0 Å². The number of methoxy groups -OCH3 is 1. The molecule has 1 aliphatic heterocycles. The van der Waals surface area contributed by atoms with Gasteiger partial charge in [0.05, 0.1) is 12.2 Å². The molecule has 3 nitrogen and oxygen atoms in total. The van der Waals surface area contributed by atoms with Crippen molar-refractivity contribution in [1.29, 1.82) is 0 Å². The molecule has 3 heteroatoms. The molecule has 0 aromatic carbocycles. The van der Waals surface area contributed by atoms with Crippen molar-refractivity contribution in [2.75, 3.05) is 26.9 Å². The van der Waals surface area contributed by atoms with Crippen LogP contribution in [0.15, 0.2) is 0 Å². The SMILES string of the molecule is CCCNC(CC(C)(C)OC)C1CCOC1. The zero-order chi connectivity index (χ0) is 12.0. The summed E-state index contributed by atoms with van der Waals surface area (Å²) in [6, 6.07) is 0.525. The zero-order valence-electron chi connectivity index (χ0n) is 11.2. The van der Waals surface area contributed by atoms with E-state index in [-0.39, 0.29) is 5.60 Å². The van der Waals surface area contributed by atoms with Gasteiger partial charge in [-0.2, -0.15) is 0 Å². The van der Waals surface area contributed by atoms with Crippen LogP contribution < -0.4 is 5.32 Å². The van der Waals surface area contributed by atoms with Crippen molar-refractivity contribution in [3.05, 3.63) is 0 Å². The lowest BCUT2D eigenvalue weighted by Gasteiger charge is -2.32. The van der Waals surface area contributed by atoms with E-state index < -0.39 is 0 Å². The third-order valence-corrected chi connectivity index (χ3v) is 3.45. The number of ether oxygens (including phenoxy) is 2. The molecular formula is C13H27NO2. The fourth-order valence-corrected chi connectivity index (χ4v) is 2.22. The maximum atomic E-state index is 5.53. The monoisotopic (exact) mass is 229 g/mol. The van der Waals surface area contributed by atoms with Crippen LogP contribution in [0.4, 0.5) is 0 Å². The third-order valence-electron chi connectivity index (χ3n) is 3.45.